The third kappa shape index (κ3) is 3.60. The molecule has 5 heteroatoms. The van der Waals surface area contributed by atoms with E-state index in [0.29, 0.717) is 28.6 Å². The van der Waals surface area contributed by atoms with Gasteiger partial charge in [0.25, 0.3) is 0 Å². The van der Waals surface area contributed by atoms with Crippen LogP contribution in [0.3, 0.4) is 0 Å². The molecule has 22 heavy (non-hydrogen) atoms. The molecule has 0 N–H and O–H groups in total. The van der Waals surface area contributed by atoms with Gasteiger partial charge in [0, 0.05) is 16.1 Å². The zero-order valence-electron chi connectivity index (χ0n) is 12.7. The number of hydrogen-bond acceptors (Lipinski definition) is 3. The number of ether oxygens (including phenoxy) is 1. The van der Waals surface area contributed by atoms with Crippen LogP contribution in [0.1, 0.15) is 35.5 Å². The van der Waals surface area contributed by atoms with Crippen LogP contribution in [0.5, 0.6) is 0 Å². The third-order valence-electron chi connectivity index (χ3n) is 3.32. The number of rotatable bonds is 4. The molecule has 0 spiro atoms. The molecule has 0 saturated heterocycles. The molecule has 0 radical (unpaired) electrons. The molecule has 0 unspecified atom stereocenters. The van der Waals surface area contributed by atoms with Crippen LogP contribution in [0, 0.1) is 6.92 Å². The highest BCUT2D eigenvalue weighted by molar-refractivity contribution is 6.36. The van der Waals surface area contributed by atoms with Crippen molar-refractivity contribution in [3.8, 4) is 0 Å². The summed E-state index contributed by atoms with van der Waals surface area (Å²) in [4.78, 5) is 16.4. The second kappa shape index (κ2) is 7.12. The van der Waals surface area contributed by atoms with Gasteiger partial charge in [0.2, 0.25) is 0 Å². The zero-order valence-corrected chi connectivity index (χ0v) is 14.3. The van der Waals surface area contributed by atoms with Gasteiger partial charge in [-0.15, -0.1) is 0 Å². The number of halogens is 2. The Labute approximate surface area is 139 Å². The van der Waals surface area contributed by atoms with Crippen LogP contribution in [-0.2, 0) is 11.2 Å². The van der Waals surface area contributed by atoms with Crippen molar-refractivity contribution < 1.29 is 9.53 Å². The maximum absolute atomic E-state index is 11.9. The summed E-state index contributed by atoms with van der Waals surface area (Å²) in [7, 11) is 0. The molecule has 0 aliphatic rings. The number of aromatic nitrogens is 1. The minimum Gasteiger partial charge on any atom is -0.462 e. The summed E-state index contributed by atoms with van der Waals surface area (Å²) in [5.41, 5.74) is 2.99. The maximum Gasteiger partial charge on any atom is 0.338 e. The molecule has 3 nitrogen and oxygen atoms in total. The molecular formula is C17H17Cl2NO2. The van der Waals surface area contributed by atoms with E-state index in [1.807, 2.05) is 19.9 Å². The Morgan fingerprint density at radius 1 is 1.41 bits per heavy atom. The van der Waals surface area contributed by atoms with Crippen molar-refractivity contribution in [1.29, 1.82) is 0 Å². The molecule has 2 rings (SSSR count). The number of pyridine rings is 1. The molecule has 1 aromatic carbocycles. The fraction of sp³-hybridized carbons (Fsp3) is 0.294. The molecule has 1 aromatic heterocycles. The molecule has 0 atom stereocenters. The molecule has 0 fully saturated rings. The molecule has 0 aliphatic carbocycles. The summed E-state index contributed by atoms with van der Waals surface area (Å²) >= 11 is 12.4. The van der Waals surface area contributed by atoms with E-state index >= 15 is 0 Å². The highest BCUT2D eigenvalue weighted by Gasteiger charge is 2.13. The lowest BCUT2D eigenvalue weighted by Gasteiger charge is -2.11. The predicted molar refractivity (Wildman–Crippen MR) is 90.8 cm³/mol. The van der Waals surface area contributed by atoms with E-state index in [2.05, 4.69) is 4.98 Å². The average molecular weight is 338 g/mol. The number of carbonyl (C=O) groups excluding carboxylic acids is 1. The van der Waals surface area contributed by atoms with Gasteiger partial charge in [-0.1, -0.05) is 29.3 Å². The van der Waals surface area contributed by atoms with Crippen molar-refractivity contribution in [3.05, 3.63) is 51.2 Å². The number of nitrogens with zero attached hydrogens (tertiary/aromatic N) is 1. The van der Waals surface area contributed by atoms with Gasteiger partial charge in [-0.3, -0.25) is 4.98 Å². The summed E-state index contributed by atoms with van der Waals surface area (Å²) in [6.07, 6.45) is 2.49. The fourth-order valence-electron chi connectivity index (χ4n) is 2.20. The van der Waals surface area contributed by atoms with Crippen molar-refractivity contribution in [2.24, 2.45) is 0 Å². The van der Waals surface area contributed by atoms with Crippen LogP contribution in [0.4, 0.5) is 0 Å². The van der Waals surface area contributed by atoms with E-state index in [1.54, 1.807) is 25.1 Å². The summed E-state index contributed by atoms with van der Waals surface area (Å²) in [5.74, 6) is -0.362. The zero-order chi connectivity index (χ0) is 16.3. The molecule has 0 amide bonds. The predicted octanol–water partition coefficient (Wildman–Crippen LogP) is 5.06. The van der Waals surface area contributed by atoms with Gasteiger partial charge in [0.05, 0.1) is 22.7 Å². The van der Waals surface area contributed by atoms with Crippen LogP contribution in [0.2, 0.25) is 5.02 Å². The monoisotopic (exact) mass is 337 g/mol. The fourth-order valence-corrected chi connectivity index (χ4v) is 2.64. The van der Waals surface area contributed by atoms with Crippen molar-refractivity contribution in [2.45, 2.75) is 27.2 Å². The largest absolute Gasteiger partial charge is 0.462 e. The normalized spacial score (nSPS) is 11.8. The summed E-state index contributed by atoms with van der Waals surface area (Å²) in [5, 5.41) is 2.05. The second-order valence-electron chi connectivity index (χ2n) is 4.94. The highest BCUT2D eigenvalue weighted by Crippen LogP contribution is 2.30. The minimum atomic E-state index is -0.362. The number of hydrogen-bond donors (Lipinski definition) is 0. The first-order chi connectivity index (χ1) is 10.4. The Kier molecular flexibility index (Phi) is 5.43. The van der Waals surface area contributed by atoms with E-state index in [-0.39, 0.29) is 5.97 Å². The standard InChI is InChI=1S/C17H17Cl2NO2/c1-4-22-17(21)12-6-8-15-14(9-12)16(19)13(11(3)20-15)7-5-10(2)18/h5-6,8-9H,4,7H2,1-3H3/b10-5-. The lowest BCUT2D eigenvalue weighted by molar-refractivity contribution is 0.0526. The molecule has 0 saturated carbocycles. The Balaban J connectivity index is 2.55. The Morgan fingerprint density at radius 2 is 2.14 bits per heavy atom. The Morgan fingerprint density at radius 3 is 2.77 bits per heavy atom. The van der Waals surface area contributed by atoms with Crippen LogP contribution in [0.15, 0.2) is 29.3 Å². The average Bonchev–Trinajstić information content (AvgIpc) is 2.46. The third-order valence-corrected chi connectivity index (χ3v) is 3.91. The van der Waals surface area contributed by atoms with Gasteiger partial charge in [0.15, 0.2) is 0 Å². The SMILES string of the molecule is CCOC(=O)c1ccc2nc(C)c(C/C=C(/C)Cl)c(Cl)c2c1. The van der Waals surface area contributed by atoms with Gasteiger partial charge >= 0.3 is 5.97 Å². The van der Waals surface area contributed by atoms with Crippen molar-refractivity contribution in [2.75, 3.05) is 6.61 Å². The summed E-state index contributed by atoms with van der Waals surface area (Å²) in [6, 6.07) is 5.21. The van der Waals surface area contributed by atoms with Gasteiger partial charge in [-0.25, -0.2) is 4.79 Å². The van der Waals surface area contributed by atoms with Gasteiger partial charge in [0.1, 0.15) is 0 Å². The van der Waals surface area contributed by atoms with Crippen LogP contribution in [0.25, 0.3) is 10.9 Å². The molecule has 0 aliphatic heterocycles. The van der Waals surface area contributed by atoms with E-state index in [1.165, 1.54) is 0 Å². The lowest BCUT2D eigenvalue weighted by atomic mass is 10.0. The first kappa shape index (κ1) is 16.8. The number of carbonyl (C=O) groups is 1. The van der Waals surface area contributed by atoms with Crippen molar-refractivity contribution in [3.63, 3.8) is 0 Å². The van der Waals surface area contributed by atoms with Gasteiger partial charge in [-0.2, -0.15) is 0 Å². The highest BCUT2D eigenvalue weighted by atomic mass is 35.5. The topological polar surface area (TPSA) is 39.2 Å². The second-order valence-corrected chi connectivity index (χ2v) is 5.91. The van der Waals surface area contributed by atoms with E-state index in [0.717, 1.165) is 22.2 Å². The smallest absolute Gasteiger partial charge is 0.338 e. The minimum absolute atomic E-state index is 0.335. The van der Waals surface area contributed by atoms with Gasteiger partial charge < -0.3 is 4.74 Å². The first-order valence-electron chi connectivity index (χ1n) is 7.02. The molecule has 0 bridgehead atoms. The van der Waals surface area contributed by atoms with E-state index in [9.17, 15) is 4.79 Å². The summed E-state index contributed by atoms with van der Waals surface area (Å²) in [6.45, 7) is 5.84. The van der Waals surface area contributed by atoms with Crippen LogP contribution in [-0.4, -0.2) is 17.6 Å². The number of fused-ring (bicyclic) bond motifs is 1. The van der Waals surface area contributed by atoms with E-state index in [4.69, 9.17) is 27.9 Å². The molecular weight excluding hydrogens is 321 g/mol. The van der Waals surface area contributed by atoms with Crippen LogP contribution >= 0.6 is 23.2 Å². The van der Waals surface area contributed by atoms with Gasteiger partial charge in [-0.05, 0) is 51.0 Å². The number of benzene rings is 1. The summed E-state index contributed by atoms with van der Waals surface area (Å²) < 4.78 is 5.02. The van der Waals surface area contributed by atoms with Crippen LogP contribution < -0.4 is 0 Å². The number of allylic oxidation sites excluding steroid dienone is 2. The number of aryl methyl sites for hydroxylation is 1. The molecule has 116 valence electrons. The maximum atomic E-state index is 11.9. The van der Waals surface area contributed by atoms with E-state index < -0.39 is 0 Å². The van der Waals surface area contributed by atoms with Crippen molar-refractivity contribution in [1.82, 2.24) is 4.98 Å². The van der Waals surface area contributed by atoms with Crippen molar-refractivity contribution >= 4 is 40.1 Å². The molecule has 2 aromatic rings. The quantitative estimate of drug-likeness (QED) is 0.732. The Hall–Kier alpha value is -1.58. The first-order valence-corrected chi connectivity index (χ1v) is 7.77. The molecule has 1 heterocycles. The number of esters is 1. The lowest BCUT2D eigenvalue weighted by Crippen LogP contribution is -2.05. The Bertz CT molecular complexity index is 750.